The number of phosphoric acid groups is 1. The van der Waals surface area contributed by atoms with E-state index in [0.29, 0.717) is 24.1 Å². The number of allylic oxidation sites excluding steroid dienone is 10. The van der Waals surface area contributed by atoms with Gasteiger partial charge in [-0.25, -0.2) is 4.57 Å². The number of phosphoric ester groups is 1. The third kappa shape index (κ3) is 41.4. The lowest BCUT2D eigenvalue weighted by Gasteiger charge is -2.24. The van der Waals surface area contributed by atoms with Crippen LogP contribution in [0.2, 0.25) is 0 Å². The summed E-state index contributed by atoms with van der Waals surface area (Å²) in [5.41, 5.74) is 0. The van der Waals surface area contributed by atoms with Crippen molar-refractivity contribution in [1.29, 1.82) is 0 Å². The van der Waals surface area contributed by atoms with Gasteiger partial charge in [0, 0.05) is 13.0 Å². The van der Waals surface area contributed by atoms with Crippen molar-refractivity contribution in [2.75, 3.05) is 54.1 Å². The molecule has 0 rings (SSSR count). The Kier molecular flexibility index (Phi) is 36.8. The smallest absolute Gasteiger partial charge is 0.457 e. The summed E-state index contributed by atoms with van der Waals surface area (Å²) in [6.07, 6.45) is 46.8. The molecule has 0 aromatic rings. The van der Waals surface area contributed by atoms with Crippen molar-refractivity contribution < 1.29 is 37.3 Å². The molecule has 0 fully saturated rings. The van der Waals surface area contributed by atoms with Gasteiger partial charge in [0.15, 0.2) is 0 Å². The Morgan fingerprint density at radius 3 is 1.63 bits per heavy atom. The van der Waals surface area contributed by atoms with Crippen LogP contribution in [-0.4, -0.2) is 75.6 Å². The third-order valence-electron chi connectivity index (χ3n) is 8.81. The van der Waals surface area contributed by atoms with Gasteiger partial charge in [0.1, 0.15) is 19.3 Å². The van der Waals surface area contributed by atoms with Crippen LogP contribution >= 0.6 is 7.82 Å². The molecule has 0 spiro atoms. The maximum atomic E-state index is 12.6. The Morgan fingerprint density at radius 1 is 0.593 bits per heavy atom. The molecule has 2 atom stereocenters. The highest BCUT2D eigenvalue weighted by Gasteiger charge is 2.26. The molecule has 0 bridgehead atoms. The van der Waals surface area contributed by atoms with Gasteiger partial charge in [-0.2, -0.15) is 0 Å². The quantitative estimate of drug-likeness (QED) is 0.0218. The minimum Gasteiger partial charge on any atom is -0.457 e. The van der Waals surface area contributed by atoms with Crippen LogP contribution in [0.3, 0.4) is 0 Å². The van der Waals surface area contributed by atoms with Gasteiger partial charge in [-0.05, 0) is 77.0 Å². The van der Waals surface area contributed by atoms with Crippen LogP contribution in [0.4, 0.5) is 0 Å². The summed E-state index contributed by atoms with van der Waals surface area (Å²) in [5.74, 6) is -0.331. The topological polar surface area (TPSA) is 91.3 Å². The first-order valence-electron chi connectivity index (χ1n) is 21.5. The summed E-state index contributed by atoms with van der Waals surface area (Å²) in [7, 11) is 1.64. The predicted molar refractivity (Wildman–Crippen MR) is 229 cm³/mol. The molecule has 314 valence electrons. The highest BCUT2D eigenvalue weighted by molar-refractivity contribution is 7.47. The number of rotatable bonds is 39. The molecule has 0 aliphatic carbocycles. The summed E-state index contributed by atoms with van der Waals surface area (Å²) in [6, 6.07) is 0. The van der Waals surface area contributed by atoms with E-state index in [-0.39, 0.29) is 25.8 Å². The fourth-order valence-electron chi connectivity index (χ4n) is 5.48. The van der Waals surface area contributed by atoms with Crippen LogP contribution in [0.1, 0.15) is 162 Å². The summed E-state index contributed by atoms with van der Waals surface area (Å²) in [6.45, 7) is 5.43. The van der Waals surface area contributed by atoms with E-state index < -0.39 is 13.9 Å². The average molecular weight is 781 g/mol. The van der Waals surface area contributed by atoms with Crippen LogP contribution in [0.5, 0.6) is 0 Å². The summed E-state index contributed by atoms with van der Waals surface area (Å²) in [4.78, 5) is 22.8. The highest BCUT2D eigenvalue weighted by atomic mass is 31.2. The fraction of sp³-hybridized carbons (Fsp3) is 0.756. The molecule has 8 nitrogen and oxygen atoms in total. The van der Waals surface area contributed by atoms with Crippen LogP contribution < -0.4 is 0 Å². The standard InChI is InChI=1S/C45H82NO7P/c1-6-8-10-12-14-16-18-20-21-22-23-24-25-26-27-29-31-33-35-37-40-50-42-44(43-52-54(48,49)51-41-39-46(3,4)5)53-45(47)38-36-34-32-30-28-19-17-15-13-11-9-7-2/h8,10,14-17,20-21,23-24,44H,6-7,9,11-13,18-19,22,25-43H2,1-5H3/p+1/b10-8-,16-14-,17-15-,21-20-,24-23-. The van der Waals surface area contributed by atoms with Crippen LogP contribution in [0, 0.1) is 0 Å². The number of esters is 1. The van der Waals surface area contributed by atoms with Crippen molar-refractivity contribution in [2.45, 2.75) is 168 Å². The number of quaternary nitrogens is 1. The maximum absolute atomic E-state index is 12.6. The highest BCUT2D eigenvalue weighted by Crippen LogP contribution is 2.43. The molecule has 0 amide bonds. The lowest BCUT2D eigenvalue weighted by atomic mass is 10.1. The molecule has 0 aliphatic heterocycles. The fourth-order valence-corrected chi connectivity index (χ4v) is 6.22. The SMILES string of the molecule is CC/C=C\C/C=C\C/C=C\C/C=C\CCCCCCCCCOCC(COP(=O)(O)OCC[N+](C)(C)C)OC(=O)CCCCCCC/C=C\CCCCC. The monoisotopic (exact) mass is 781 g/mol. The van der Waals surface area contributed by atoms with E-state index in [1.165, 1.54) is 64.2 Å². The van der Waals surface area contributed by atoms with Crippen LogP contribution in [-0.2, 0) is 27.9 Å². The maximum Gasteiger partial charge on any atom is 0.472 e. The Labute approximate surface area is 332 Å². The summed E-state index contributed by atoms with van der Waals surface area (Å²) < 4.78 is 34.9. The van der Waals surface area contributed by atoms with E-state index in [9.17, 15) is 14.3 Å². The molecular weight excluding hydrogens is 697 g/mol. The zero-order chi connectivity index (χ0) is 39.9. The Hall–Kier alpha value is -1.80. The minimum absolute atomic E-state index is 0.0821. The predicted octanol–water partition coefficient (Wildman–Crippen LogP) is 12.5. The Bertz CT molecular complexity index is 1050. The number of unbranched alkanes of at least 4 members (excludes halogenated alkanes) is 15. The minimum atomic E-state index is -4.28. The zero-order valence-corrected chi connectivity index (χ0v) is 36.3. The van der Waals surface area contributed by atoms with E-state index in [1.54, 1.807) is 0 Å². The number of likely N-dealkylation sites (N-methyl/N-ethyl adjacent to an activating group) is 1. The van der Waals surface area contributed by atoms with Crippen molar-refractivity contribution in [2.24, 2.45) is 0 Å². The second-order valence-electron chi connectivity index (χ2n) is 15.3. The first-order chi connectivity index (χ1) is 26.1. The van der Waals surface area contributed by atoms with Gasteiger partial charge in [-0.3, -0.25) is 13.8 Å². The van der Waals surface area contributed by atoms with E-state index in [0.717, 1.165) is 77.0 Å². The van der Waals surface area contributed by atoms with Gasteiger partial charge in [0.05, 0.1) is 34.4 Å². The molecule has 0 aliphatic rings. The van der Waals surface area contributed by atoms with E-state index in [2.05, 4.69) is 74.6 Å². The molecule has 54 heavy (non-hydrogen) atoms. The second-order valence-corrected chi connectivity index (χ2v) is 16.8. The van der Waals surface area contributed by atoms with E-state index >= 15 is 0 Å². The van der Waals surface area contributed by atoms with Crippen LogP contribution in [0.15, 0.2) is 60.8 Å². The normalized spacial score (nSPS) is 14.4. The van der Waals surface area contributed by atoms with Crippen molar-refractivity contribution in [3.8, 4) is 0 Å². The molecule has 0 aromatic carbocycles. The number of hydrogen-bond acceptors (Lipinski definition) is 6. The first-order valence-corrected chi connectivity index (χ1v) is 23.0. The number of carbonyl (C=O) groups is 1. The Morgan fingerprint density at radius 2 is 1.07 bits per heavy atom. The third-order valence-corrected chi connectivity index (χ3v) is 9.80. The van der Waals surface area contributed by atoms with Gasteiger partial charge < -0.3 is 18.9 Å². The number of carbonyl (C=O) groups excluding carboxylic acids is 1. The van der Waals surface area contributed by atoms with Gasteiger partial charge in [0.2, 0.25) is 0 Å². The van der Waals surface area contributed by atoms with E-state index in [1.807, 2.05) is 21.1 Å². The zero-order valence-electron chi connectivity index (χ0n) is 35.4. The summed E-state index contributed by atoms with van der Waals surface area (Å²) >= 11 is 0. The largest absolute Gasteiger partial charge is 0.472 e. The van der Waals surface area contributed by atoms with E-state index in [4.69, 9.17) is 18.5 Å². The van der Waals surface area contributed by atoms with Crippen molar-refractivity contribution >= 4 is 13.8 Å². The molecule has 0 saturated carbocycles. The number of hydrogen-bond donors (Lipinski definition) is 1. The summed E-state index contributed by atoms with van der Waals surface area (Å²) in [5, 5.41) is 0. The lowest BCUT2D eigenvalue weighted by molar-refractivity contribution is -0.870. The molecule has 9 heteroatoms. The molecule has 0 saturated heterocycles. The van der Waals surface area contributed by atoms with Gasteiger partial charge in [-0.15, -0.1) is 0 Å². The second kappa shape index (κ2) is 38.1. The molecule has 0 heterocycles. The molecular formula is C45H83NO7P+. The number of nitrogens with zero attached hydrogens (tertiary/aromatic N) is 1. The van der Waals surface area contributed by atoms with Gasteiger partial charge >= 0.3 is 13.8 Å². The van der Waals surface area contributed by atoms with Gasteiger partial charge in [-0.1, -0.05) is 139 Å². The van der Waals surface area contributed by atoms with Crippen LogP contribution in [0.25, 0.3) is 0 Å². The lowest BCUT2D eigenvalue weighted by Crippen LogP contribution is -2.37. The van der Waals surface area contributed by atoms with Crippen molar-refractivity contribution in [1.82, 2.24) is 0 Å². The molecule has 2 unspecified atom stereocenters. The van der Waals surface area contributed by atoms with Crippen molar-refractivity contribution in [3.05, 3.63) is 60.8 Å². The first kappa shape index (κ1) is 52.2. The Balaban J connectivity index is 4.25. The molecule has 0 aromatic heterocycles. The molecule has 1 N–H and O–H groups in total. The van der Waals surface area contributed by atoms with Crippen molar-refractivity contribution in [3.63, 3.8) is 0 Å². The number of ether oxygens (including phenoxy) is 2. The average Bonchev–Trinajstić information content (AvgIpc) is 3.12. The van der Waals surface area contributed by atoms with Gasteiger partial charge in [0.25, 0.3) is 0 Å². The molecule has 0 radical (unpaired) electrons.